The number of sulfonamides is 1. The zero-order valence-corrected chi connectivity index (χ0v) is 19.7. The largest absolute Gasteiger partial charge is 0.292 e. The monoisotopic (exact) mass is 464 g/mol. The summed E-state index contributed by atoms with van der Waals surface area (Å²) in [5.41, 5.74) is 5.36. The number of hydrazone groups is 1. The molecule has 0 atom stereocenters. The van der Waals surface area contributed by atoms with Gasteiger partial charge >= 0.3 is 0 Å². The molecule has 0 aromatic heterocycles. The third-order valence-electron chi connectivity index (χ3n) is 5.88. The minimum absolute atomic E-state index is 0.171. The molecule has 33 heavy (non-hydrogen) atoms. The molecule has 0 unspecified atom stereocenters. The summed E-state index contributed by atoms with van der Waals surface area (Å²) in [6, 6.07) is 20.9. The second kappa shape index (κ2) is 9.82. The second-order valence-corrected chi connectivity index (χ2v) is 10.2. The number of nitrogens with one attached hydrogen (secondary N) is 1. The van der Waals surface area contributed by atoms with E-state index >= 15 is 0 Å². The maximum Gasteiger partial charge on any atom is 0.254 e. The maximum atomic E-state index is 12.8. The first kappa shape index (κ1) is 23.1. The number of aryl methyl sites for hydroxylation is 1. The van der Waals surface area contributed by atoms with Crippen LogP contribution in [0.1, 0.15) is 18.1 Å². The molecule has 1 aliphatic rings. The molecule has 3 aromatic rings. The Morgan fingerprint density at radius 2 is 1.61 bits per heavy atom. The highest BCUT2D eigenvalue weighted by molar-refractivity contribution is 7.89. The number of fused-ring (bicyclic) bond motifs is 1. The molecule has 0 spiro atoms. The number of carbonyl (C=O) groups excluding carboxylic acids is 1. The lowest BCUT2D eigenvalue weighted by molar-refractivity contribution is -0.122. The first-order chi connectivity index (χ1) is 15.8. The fraction of sp³-hybridized carbons (Fsp3) is 0.280. The van der Waals surface area contributed by atoms with Crippen LogP contribution in [0.15, 0.2) is 76.7 Å². The van der Waals surface area contributed by atoms with Gasteiger partial charge in [-0.25, -0.2) is 13.8 Å². The Balaban J connectivity index is 1.32. The molecule has 1 heterocycles. The van der Waals surface area contributed by atoms with Gasteiger partial charge in [0.1, 0.15) is 0 Å². The van der Waals surface area contributed by atoms with Gasteiger partial charge in [-0.05, 0) is 36.8 Å². The van der Waals surface area contributed by atoms with Crippen LogP contribution in [0.25, 0.3) is 10.8 Å². The normalized spacial score (nSPS) is 16.1. The average Bonchev–Trinajstić information content (AvgIpc) is 2.83. The van der Waals surface area contributed by atoms with Crippen LogP contribution in [0, 0.1) is 6.92 Å². The van der Waals surface area contributed by atoms with E-state index in [9.17, 15) is 13.2 Å². The van der Waals surface area contributed by atoms with Gasteiger partial charge in [0.15, 0.2) is 0 Å². The van der Waals surface area contributed by atoms with Crippen molar-refractivity contribution in [3.63, 3.8) is 0 Å². The van der Waals surface area contributed by atoms with Gasteiger partial charge in [-0.2, -0.15) is 9.41 Å². The molecule has 1 saturated heterocycles. The Hall–Kier alpha value is -3.07. The molecule has 0 bridgehead atoms. The maximum absolute atomic E-state index is 12.8. The van der Waals surface area contributed by atoms with E-state index < -0.39 is 10.0 Å². The summed E-state index contributed by atoms with van der Waals surface area (Å²) in [5.74, 6) is -0.218. The van der Waals surface area contributed by atoms with E-state index in [-0.39, 0.29) is 12.5 Å². The zero-order valence-electron chi connectivity index (χ0n) is 18.9. The van der Waals surface area contributed by atoms with E-state index in [2.05, 4.69) is 10.5 Å². The van der Waals surface area contributed by atoms with Gasteiger partial charge in [-0.3, -0.25) is 9.69 Å². The first-order valence-corrected chi connectivity index (χ1v) is 12.4. The van der Waals surface area contributed by atoms with Crippen molar-refractivity contribution in [1.29, 1.82) is 0 Å². The van der Waals surface area contributed by atoms with Crippen molar-refractivity contribution in [1.82, 2.24) is 14.6 Å². The van der Waals surface area contributed by atoms with E-state index in [0.29, 0.717) is 31.1 Å². The predicted molar refractivity (Wildman–Crippen MR) is 131 cm³/mol. The van der Waals surface area contributed by atoms with Gasteiger partial charge in [0.05, 0.1) is 17.2 Å². The summed E-state index contributed by atoms with van der Waals surface area (Å²) >= 11 is 0. The molecule has 7 nitrogen and oxygen atoms in total. The predicted octanol–water partition coefficient (Wildman–Crippen LogP) is 2.99. The van der Waals surface area contributed by atoms with Crippen molar-refractivity contribution >= 4 is 32.4 Å². The molecular formula is C25H28N4O3S. The molecule has 4 rings (SSSR count). The van der Waals surface area contributed by atoms with E-state index in [1.54, 1.807) is 24.3 Å². The standard InChI is InChI=1S/C25H28N4O3S/c1-19-10-12-22(13-11-19)33(31,32)29-16-14-28(15-17-29)18-25(30)27-26-20(2)23-9-5-7-21-6-3-4-8-24(21)23/h3-13H,14-18H2,1-2H3,(H,27,30)/b26-20+. The molecule has 8 heteroatoms. The van der Waals surface area contributed by atoms with Crippen LogP contribution in [0.4, 0.5) is 0 Å². The lowest BCUT2D eigenvalue weighted by atomic mass is 10.0. The Labute approximate surface area is 194 Å². The number of hydrogen-bond acceptors (Lipinski definition) is 5. The van der Waals surface area contributed by atoms with Crippen molar-refractivity contribution in [2.45, 2.75) is 18.7 Å². The smallest absolute Gasteiger partial charge is 0.254 e. The van der Waals surface area contributed by atoms with Crippen LogP contribution in [-0.4, -0.2) is 62.0 Å². The minimum Gasteiger partial charge on any atom is -0.292 e. The van der Waals surface area contributed by atoms with E-state index in [0.717, 1.165) is 27.6 Å². The molecule has 0 radical (unpaired) electrons. The molecule has 172 valence electrons. The van der Waals surface area contributed by atoms with Crippen molar-refractivity contribution in [2.24, 2.45) is 5.10 Å². The Morgan fingerprint density at radius 3 is 2.33 bits per heavy atom. The third-order valence-corrected chi connectivity index (χ3v) is 7.80. The van der Waals surface area contributed by atoms with Crippen LogP contribution < -0.4 is 5.43 Å². The molecule has 1 amide bonds. The SMILES string of the molecule is C/C(=N\NC(=O)CN1CCN(S(=O)(=O)c2ccc(C)cc2)CC1)c1cccc2ccccc12. The Morgan fingerprint density at radius 1 is 0.939 bits per heavy atom. The Kier molecular flexibility index (Phi) is 6.88. The second-order valence-electron chi connectivity index (χ2n) is 8.25. The minimum atomic E-state index is -3.52. The van der Waals surface area contributed by atoms with Crippen molar-refractivity contribution in [3.8, 4) is 0 Å². The van der Waals surface area contributed by atoms with Gasteiger partial charge in [0.2, 0.25) is 10.0 Å². The van der Waals surface area contributed by atoms with Crippen LogP contribution in [0.3, 0.4) is 0 Å². The van der Waals surface area contributed by atoms with Crippen LogP contribution in [0.2, 0.25) is 0 Å². The third kappa shape index (κ3) is 5.30. The van der Waals surface area contributed by atoms with Gasteiger partial charge in [0.25, 0.3) is 5.91 Å². The number of amides is 1. The highest BCUT2D eigenvalue weighted by Crippen LogP contribution is 2.20. The van der Waals surface area contributed by atoms with Crippen molar-refractivity contribution in [2.75, 3.05) is 32.7 Å². The van der Waals surface area contributed by atoms with Crippen LogP contribution in [0.5, 0.6) is 0 Å². The summed E-state index contributed by atoms with van der Waals surface area (Å²) in [6.07, 6.45) is 0. The fourth-order valence-electron chi connectivity index (χ4n) is 3.97. The number of nitrogens with zero attached hydrogens (tertiary/aromatic N) is 3. The number of rotatable bonds is 6. The number of piperazine rings is 1. The molecule has 1 fully saturated rings. The number of benzene rings is 3. The summed E-state index contributed by atoms with van der Waals surface area (Å²) in [4.78, 5) is 14.7. The summed E-state index contributed by atoms with van der Waals surface area (Å²) < 4.78 is 27.2. The van der Waals surface area contributed by atoms with Gasteiger partial charge in [-0.15, -0.1) is 0 Å². The van der Waals surface area contributed by atoms with Gasteiger partial charge < -0.3 is 0 Å². The summed E-state index contributed by atoms with van der Waals surface area (Å²) in [6.45, 7) is 5.65. The van der Waals surface area contributed by atoms with Crippen LogP contribution in [-0.2, 0) is 14.8 Å². The number of hydrogen-bond donors (Lipinski definition) is 1. The molecule has 3 aromatic carbocycles. The summed E-state index contributed by atoms with van der Waals surface area (Å²) in [5, 5.41) is 6.50. The topological polar surface area (TPSA) is 82.1 Å². The zero-order chi connectivity index (χ0) is 23.4. The molecule has 0 aliphatic carbocycles. The van der Waals surface area contributed by atoms with E-state index in [1.807, 2.05) is 61.2 Å². The van der Waals surface area contributed by atoms with Gasteiger partial charge in [0, 0.05) is 31.7 Å². The van der Waals surface area contributed by atoms with E-state index in [4.69, 9.17) is 0 Å². The molecular weight excluding hydrogens is 436 g/mol. The number of carbonyl (C=O) groups is 1. The van der Waals surface area contributed by atoms with Crippen molar-refractivity contribution in [3.05, 3.63) is 77.9 Å². The molecule has 1 N–H and O–H groups in total. The molecule has 0 saturated carbocycles. The van der Waals surface area contributed by atoms with Gasteiger partial charge in [-0.1, -0.05) is 60.2 Å². The average molecular weight is 465 g/mol. The lowest BCUT2D eigenvalue weighted by Crippen LogP contribution is -2.50. The summed E-state index contributed by atoms with van der Waals surface area (Å²) in [7, 11) is -3.52. The van der Waals surface area contributed by atoms with Crippen molar-refractivity contribution < 1.29 is 13.2 Å². The lowest BCUT2D eigenvalue weighted by Gasteiger charge is -2.33. The fourth-order valence-corrected chi connectivity index (χ4v) is 5.40. The van der Waals surface area contributed by atoms with Crippen LogP contribution >= 0.6 is 0 Å². The quantitative estimate of drug-likeness (QED) is 0.449. The highest BCUT2D eigenvalue weighted by Gasteiger charge is 2.28. The highest BCUT2D eigenvalue weighted by atomic mass is 32.2. The Bertz CT molecular complexity index is 1270. The van der Waals surface area contributed by atoms with E-state index in [1.165, 1.54) is 4.31 Å². The molecule has 1 aliphatic heterocycles. The first-order valence-electron chi connectivity index (χ1n) is 10.9.